The maximum atomic E-state index is 12.3. The van der Waals surface area contributed by atoms with Crippen LogP contribution in [0.15, 0.2) is 0 Å². The highest BCUT2D eigenvalue weighted by atomic mass is 32.2. The molecule has 0 aromatic rings. The molecule has 20 atom stereocenters. The summed E-state index contributed by atoms with van der Waals surface area (Å²) in [6, 6.07) is -2.26. The summed E-state index contributed by atoms with van der Waals surface area (Å²) in [5.74, 6) is -2.60. The Hall–Kier alpha value is -3.45. The van der Waals surface area contributed by atoms with Crippen molar-refractivity contribution in [2.24, 2.45) is 0 Å². The van der Waals surface area contributed by atoms with Gasteiger partial charge in [0.05, 0.1) is 19.8 Å². The number of aliphatic hydroxyl groups excluding tert-OH is 8. The molecule has 4 heterocycles. The first-order valence-corrected chi connectivity index (χ1v) is 28.5. The van der Waals surface area contributed by atoms with Gasteiger partial charge in [-0.3, -0.25) is 33.6 Å². The SMILES string of the molecule is CC(=O)NC1[C@@H](OCCCCCSC(C)=O)OC(CO)[C@H](O)[C@@H]1O[C@@H]1OC(COC(C)=O)[C@H](OC(C)=O)[C@H](OC(C)=O)C1OC(C)=O.CSCCCCCO[C@H]1OC(CO)[C@H](O)[C@H](O[C@@H]2OC(CO)[C@H](O)[C@H](O)C2O)C1NC(C)=O. The van der Waals surface area contributed by atoms with Crippen LogP contribution in [-0.4, -0.2) is 262 Å². The van der Waals surface area contributed by atoms with Crippen LogP contribution in [-0.2, 0) is 90.4 Å². The number of unbranched alkanes of at least 4 members (excludes halogenated alkanes) is 4. The number of hydrogen-bond donors (Lipinski definition) is 10. The topological polar surface area (TPSA) is 416 Å². The van der Waals surface area contributed by atoms with Crippen LogP contribution in [0.2, 0.25) is 0 Å². The van der Waals surface area contributed by atoms with Gasteiger partial charge in [0.1, 0.15) is 85.8 Å². The van der Waals surface area contributed by atoms with Gasteiger partial charge in [0.2, 0.25) is 11.8 Å². The van der Waals surface area contributed by atoms with Crippen molar-refractivity contribution in [3.05, 3.63) is 0 Å². The predicted octanol–water partition coefficient (Wildman–Crippen LogP) is -3.19. The average Bonchev–Trinajstić information content (AvgIpc) is 3.38. The number of aliphatic hydroxyl groups is 8. The first-order valence-electron chi connectivity index (χ1n) is 26.1. The van der Waals surface area contributed by atoms with Crippen molar-refractivity contribution in [2.45, 2.75) is 210 Å². The number of amides is 2. The number of thioether (sulfide) groups is 2. The van der Waals surface area contributed by atoms with E-state index in [1.165, 1.54) is 32.5 Å². The molecule has 10 N–H and O–H groups in total. The van der Waals surface area contributed by atoms with Crippen molar-refractivity contribution in [3.63, 3.8) is 0 Å². The molecule has 31 heteroatoms. The van der Waals surface area contributed by atoms with E-state index in [0.717, 1.165) is 59.1 Å². The van der Waals surface area contributed by atoms with Crippen molar-refractivity contribution in [2.75, 3.05) is 57.4 Å². The summed E-state index contributed by atoms with van der Waals surface area (Å²) in [7, 11) is 0. The van der Waals surface area contributed by atoms with Gasteiger partial charge in [-0.25, -0.2) is 0 Å². The molecule has 80 heavy (non-hydrogen) atoms. The summed E-state index contributed by atoms with van der Waals surface area (Å²) in [6.45, 7) is 6.29. The molecule has 4 rings (SSSR count). The summed E-state index contributed by atoms with van der Waals surface area (Å²) in [6.07, 6.45) is -19.2. The lowest BCUT2D eigenvalue weighted by atomic mass is 9.95. The first kappa shape index (κ1) is 70.8. The van der Waals surface area contributed by atoms with Gasteiger partial charge in [-0.2, -0.15) is 11.8 Å². The molecule has 0 saturated carbocycles. The fourth-order valence-electron chi connectivity index (χ4n) is 8.83. The molecular formula is C49H82N2O27S2. The van der Waals surface area contributed by atoms with Crippen LogP contribution in [0.1, 0.15) is 87.0 Å². The maximum Gasteiger partial charge on any atom is 0.303 e. The van der Waals surface area contributed by atoms with E-state index in [2.05, 4.69) is 10.6 Å². The summed E-state index contributed by atoms with van der Waals surface area (Å²) < 4.78 is 67.8. The Morgan fingerprint density at radius 1 is 0.450 bits per heavy atom. The van der Waals surface area contributed by atoms with Crippen molar-refractivity contribution in [3.8, 4) is 0 Å². The molecule has 0 aromatic heterocycles. The lowest BCUT2D eigenvalue weighted by Crippen LogP contribution is -2.69. The number of esters is 4. The minimum atomic E-state index is -1.71. The molecule has 0 spiro atoms. The lowest BCUT2D eigenvalue weighted by Gasteiger charge is -2.48. The second-order valence-electron chi connectivity index (χ2n) is 19.0. The number of carbonyl (C=O) groups is 7. The summed E-state index contributed by atoms with van der Waals surface area (Å²) in [5, 5.41) is 86.6. The van der Waals surface area contributed by atoms with Crippen LogP contribution in [0.5, 0.6) is 0 Å². The Balaban J connectivity index is 0.000000446. The third kappa shape index (κ3) is 22.6. The van der Waals surface area contributed by atoms with Crippen LogP contribution in [0.3, 0.4) is 0 Å². The molecule has 4 aliphatic heterocycles. The zero-order chi connectivity index (χ0) is 59.8. The Morgan fingerprint density at radius 3 is 1.31 bits per heavy atom. The quantitative estimate of drug-likeness (QED) is 0.0210. The normalized spacial score (nSPS) is 34.1. The van der Waals surface area contributed by atoms with Gasteiger partial charge >= 0.3 is 23.9 Å². The predicted molar refractivity (Wildman–Crippen MR) is 275 cm³/mol. The van der Waals surface area contributed by atoms with E-state index in [1.807, 2.05) is 6.26 Å². The Bertz CT molecular complexity index is 1930. The van der Waals surface area contributed by atoms with Gasteiger partial charge in [-0.15, -0.1) is 0 Å². The highest BCUT2D eigenvalue weighted by Crippen LogP contribution is 2.35. The molecule has 0 bridgehead atoms. The number of carbonyl (C=O) groups excluding carboxylic acids is 7. The molecule has 462 valence electrons. The summed E-state index contributed by atoms with van der Waals surface area (Å²) >= 11 is 2.97. The first-order chi connectivity index (χ1) is 37.9. The van der Waals surface area contributed by atoms with Crippen LogP contribution in [0.25, 0.3) is 0 Å². The van der Waals surface area contributed by atoms with Crippen molar-refractivity contribution in [1.82, 2.24) is 10.6 Å². The molecule has 0 radical (unpaired) electrons. The Labute approximate surface area is 471 Å². The van der Waals surface area contributed by atoms with Gasteiger partial charge < -0.3 is 108 Å². The van der Waals surface area contributed by atoms with Gasteiger partial charge in [-0.05, 0) is 37.7 Å². The lowest BCUT2D eigenvalue weighted by molar-refractivity contribution is -0.346. The Kier molecular flexibility index (Phi) is 32.1. The molecule has 29 nitrogen and oxygen atoms in total. The third-order valence-electron chi connectivity index (χ3n) is 12.5. The van der Waals surface area contributed by atoms with Crippen molar-refractivity contribution < 1.29 is 131 Å². The molecule has 0 aliphatic carbocycles. The largest absolute Gasteiger partial charge is 0.463 e. The van der Waals surface area contributed by atoms with Gasteiger partial charge in [0.15, 0.2) is 48.6 Å². The van der Waals surface area contributed by atoms with Crippen molar-refractivity contribution >= 4 is 64.3 Å². The van der Waals surface area contributed by atoms with E-state index in [-0.39, 0.29) is 11.7 Å². The third-order valence-corrected chi connectivity index (χ3v) is 14.1. The molecule has 2 amide bonds. The smallest absolute Gasteiger partial charge is 0.303 e. The van der Waals surface area contributed by atoms with E-state index >= 15 is 0 Å². The van der Waals surface area contributed by atoms with Gasteiger partial charge in [0.25, 0.3) is 0 Å². The number of rotatable bonds is 28. The monoisotopic (exact) mass is 1190 g/mol. The minimum Gasteiger partial charge on any atom is -0.463 e. The molecular weight excluding hydrogens is 1110 g/mol. The number of hydrogen-bond acceptors (Lipinski definition) is 29. The van der Waals surface area contributed by atoms with Gasteiger partial charge in [0, 0.05) is 67.4 Å². The Morgan fingerprint density at radius 2 is 0.875 bits per heavy atom. The van der Waals surface area contributed by atoms with E-state index in [9.17, 15) is 74.4 Å². The van der Waals surface area contributed by atoms with E-state index < -0.39 is 185 Å². The van der Waals surface area contributed by atoms with Crippen LogP contribution in [0, 0.1) is 0 Å². The standard InChI is InChI=1S/C29H45NO16S.C20H37NO11S/c1-14(32)30-22-25(23(38)20(12-31)44-28(22)39-10-8-7-9-11-47-19(6)37)46-29-27(43-18(5)36)26(42-17(4)35)24(41-16(3)34)21(45-29)13-40-15(2)33;1-10(24)21-13-18(32-20-17(28)16(27)14(25)11(8-22)31-20)15(26)12(9-23)30-19(13)29-6-4-3-5-7-33-2/h20-29,31,38H,7-13H2,1-6H3,(H,30,32);11-20,22-23,25-28H,3-9H2,1-2H3,(H,21,24)/t20?,21?,22?,23-,24-,25+,26-,27?,28-,29-;11?,12?,13?,14-,15-,16-,17?,18+,19-,20-/m00/s1. The fraction of sp³-hybridized carbons (Fsp3) is 0.857. The highest BCUT2D eigenvalue weighted by molar-refractivity contribution is 8.13. The van der Waals surface area contributed by atoms with Crippen molar-refractivity contribution in [1.29, 1.82) is 0 Å². The van der Waals surface area contributed by atoms with Crippen LogP contribution in [0.4, 0.5) is 0 Å². The summed E-state index contributed by atoms with van der Waals surface area (Å²) in [5.41, 5.74) is 0. The minimum absolute atomic E-state index is 0.0197. The average molecular weight is 1200 g/mol. The second kappa shape index (κ2) is 36.3. The molecule has 0 aromatic carbocycles. The number of nitrogens with one attached hydrogen (secondary N) is 2. The van der Waals surface area contributed by atoms with E-state index in [4.69, 9.17) is 56.8 Å². The van der Waals surface area contributed by atoms with Gasteiger partial charge in [-0.1, -0.05) is 24.6 Å². The number of ether oxygens (including phenoxy) is 12. The maximum absolute atomic E-state index is 12.3. The van der Waals surface area contributed by atoms with Crippen LogP contribution >= 0.6 is 23.5 Å². The summed E-state index contributed by atoms with van der Waals surface area (Å²) in [4.78, 5) is 83.4. The molecule has 4 aliphatic rings. The van der Waals surface area contributed by atoms with Crippen LogP contribution < -0.4 is 10.6 Å². The van der Waals surface area contributed by atoms with E-state index in [0.29, 0.717) is 25.2 Å². The van der Waals surface area contributed by atoms with E-state index in [1.54, 1.807) is 11.8 Å². The molecule has 8 unspecified atom stereocenters. The second-order valence-corrected chi connectivity index (χ2v) is 21.3. The molecule has 4 fully saturated rings. The fourth-order valence-corrected chi connectivity index (χ4v) is 9.96. The zero-order valence-corrected chi connectivity index (χ0v) is 47.7. The molecule has 4 saturated heterocycles. The zero-order valence-electron chi connectivity index (χ0n) is 46.1. The highest BCUT2D eigenvalue weighted by Gasteiger charge is 2.57.